The Bertz CT molecular complexity index is 814. The molecule has 0 amide bonds. The van der Waals surface area contributed by atoms with Gasteiger partial charge in [-0.2, -0.15) is 0 Å². The molecule has 1 N–H and O–H groups in total. The van der Waals surface area contributed by atoms with Gasteiger partial charge in [-0.15, -0.1) is 0 Å². The van der Waals surface area contributed by atoms with Crippen LogP contribution in [-0.4, -0.2) is 33.8 Å². The van der Waals surface area contributed by atoms with Crippen molar-refractivity contribution in [1.29, 1.82) is 0 Å². The molecule has 1 saturated heterocycles. The quantitative estimate of drug-likeness (QED) is 0.790. The van der Waals surface area contributed by atoms with Crippen molar-refractivity contribution in [3.63, 3.8) is 0 Å². The number of carbonyl (C=O) groups is 1. The zero-order chi connectivity index (χ0) is 15.8. The summed E-state index contributed by atoms with van der Waals surface area (Å²) in [7, 11) is 0. The number of aromatic amines is 1. The molecule has 0 saturated carbocycles. The van der Waals surface area contributed by atoms with Crippen molar-refractivity contribution >= 4 is 11.6 Å². The van der Waals surface area contributed by atoms with E-state index in [1.807, 2.05) is 25.1 Å². The third-order valence-corrected chi connectivity index (χ3v) is 4.26. The van der Waals surface area contributed by atoms with Gasteiger partial charge in [-0.05, 0) is 13.0 Å². The van der Waals surface area contributed by atoms with Gasteiger partial charge in [-0.1, -0.05) is 30.3 Å². The van der Waals surface area contributed by atoms with Crippen LogP contribution in [0.3, 0.4) is 0 Å². The highest BCUT2D eigenvalue weighted by Gasteiger charge is 2.24. The van der Waals surface area contributed by atoms with Crippen LogP contribution in [0.15, 0.2) is 36.4 Å². The van der Waals surface area contributed by atoms with E-state index in [0.29, 0.717) is 18.6 Å². The fraction of sp³-hybridized carbons (Fsp3) is 0.278. The maximum atomic E-state index is 11.5. The molecule has 5 nitrogen and oxygen atoms in total. The molecule has 1 aromatic carbocycles. The summed E-state index contributed by atoms with van der Waals surface area (Å²) in [6.45, 7) is 3.39. The van der Waals surface area contributed by atoms with Gasteiger partial charge < -0.3 is 9.88 Å². The monoisotopic (exact) mass is 306 g/mol. The first-order valence-corrected chi connectivity index (χ1v) is 7.90. The molecular formula is C18H18N4O. The molecule has 5 heteroatoms. The summed E-state index contributed by atoms with van der Waals surface area (Å²) in [5, 5.41) is 0. The minimum absolute atomic E-state index is 0.331. The van der Waals surface area contributed by atoms with Crippen molar-refractivity contribution in [2.75, 3.05) is 18.0 Å². The number of nitrogens with one attached hydrogen (secondary N) is 1. The minimum Gasteiger partial charge on any atom is -0.354 e. The number of Topliss-reactive ketones (excluding diaryl/α,β-unsaturated/α-hetero) is 1. The molecule has 0 spiro atoms. The van der Waals surface area contributed by atoms with Crippen molar-refractivity contribution in [3.05, 3.63) is 42.2 Å². The zero-order valence-electron chi connectivity index (χ0n) is 13.0. The molecule has 0 atom stereocenters. The van der Waals surface area contributed by atoms with Crippen LogP contribution in [0.5, 0.6) is 0 Å². The number of carbonyl (C=O) groups excluding carboxylic acids is 1. The van der Waals surface area contributed by atoms with Gasteiger partial charge in [0.15, 0.2) is 5.82 Å². The molecule has 0 radical (unpaired) electrons. The maximum Gasteiger partial charge on any atom is 0.158 e. The van der Waals surface area contributed by atoms with Gasteiger partial charge >= 0.3 is 0 Å². The number of rotatable bonds is 2. The van der Waals surface area contributed by atoms with Crippen molar-refractivity contribution < 1.29 is 4.79 Å². The summed E-state index contributed by atoms with van der Waals surface area (Å²) >= 11 is 0. The Balaban J connectivity index is 1.79. The molecule has 0 aromatic heterocycles. The third-order valence-electron chi connectivity index (χ3n) is 4.26. The molecular weight excluding hydrogens is 288 g/mol. The number of H-pyrrole nitrogens is 1. The fourth-order valence-corrected chi connectivity index (χ4v) is 3.06. The Labute approximate surface area is 134 Å². The number of hydrogen-bond donors (Lipinski definition) is 1. The predicted molar refractivity (Wildman–Crippen MR) is 89.6 cm³/mol. The molecule has 4 rings (SSSR count). The van der Waals surface area contributed by atoms with Crippen molar-refractivity contribution in [3.8, 4) is 22.6 Å². The second kappa shape index (κ2) is 5.50. The topological polar surface area (TPSA) is 61.9 Å². The Kier molecular flexibility index (Phi) is 3.33. The first-order valence-electron chi connectivity index (χ1n) is 7.90. The number of piperidine rings is 1. The van der Waals surface area contributed by atoms with Crippen LogP contribution in [0.2, 0.25) is 0 Å². The number of aryl methyl sites for hydroxylation is 1. The van der Waals surface area contributed by atoms with E-state index in [2.05, 4.69) is 33.1 Å². The van der Waals surface area contributed by atoms with E-state index in [-0.39, 0.29) is 0 Å². The van der Waals surface area contributed by atoms with Crippen LogP contribution >= 0.6 is 0 Å². The van der Waals surface area contributed by atoms with Crippen LogP contribution in [0.25, 0.3) is 22.6 Å². The lowest BCUT2D eigenvalue weighted by Crippen LogP contribution is -2.35. The number of benzene rings is 1. The second-order valence-electron chi connectivity index (χ2n) is 5.94. The van der Waals surface area contributed by atoms with Crippen molar-refractivity contribution in [1.82, 2.24) is 15.0 Å². The van der Waals surface area contributed by atoms with Crippen LogP contribution in [-0.2, 0) is 4.79 Å². The molecule has 0 bridgehead atoms. The van der Waals surface area contributed by atoms with E-state index in [1.165, 1.54) is 0 Å². The highest BCUT2D eigenvalue weighted by atomic mass is 16.1. The summed E-state index contributed by atoms with van der Waals surface area (Å²) in [5.74, 6) is 2.07. The van der Waals surface area contributed by atoms with Crippen LogP contribution in [0.1, 0.15) is 18.7 Å². The van der Waals surface area contributed by atoms with E-state index in [9.17, 15) is 4.79 Å². The molecule has 116 valence electrons. The summed E-state index contributed by atoms with van der Waals surface area (Å²) < 4.78 is 0. The lowest BCUT2D eigenvalue weighted by Gasteiger charge is -2.28. The highest BCUT2D eigenvalue weighted by molar-refractivity contribution is 5.83. The van der Waals surface area contributed by atoms with Gasteiger partial charge in [0.05, 0.1) is 11.4 Å². The lowest BCUT2D eigenvalue weighted by molar-refractivity contribution is -0.119. The largest absolute Gasteiger partial charge is 0.354 e. The first kappa shape index (κ1) is 13.9. The molecule has 1 fully saturated rings. The van der Waals surface area contributed by atoms with Crippen molar-refractivity contribution in [2.24, 2.45) is 0 Å². The summed E-state index contributed by atoms with van der Waals surface area (Å²) in [6, 6.07) is 12.2. The number of aromatic nitrogens is 3. The minimum atomic E-state index is 0.331. The Morgan fingerprint density at radius 1 is 1.09 bits per heavy atom. The lowest BCUT2D eigenvalue weighted by atomic mass is 10.1. The fourth-order valence-electron chi connectivity index (χ4n) is 3.06. The second-order valence-corrected chi connectivity index (χ2v) is 5.94. The SMILES string of the molecule is Cc1nc(N2CCC(=O)CC2)c2nc(-c3ccccc3)cc-2[nH]1. The Hall–Kier alpha value is -2.69. The molecule has 3 aliphatic rings. The Morgan fingerprint density at radius 2 is 1.83 bits per heavy atom. The number of fused-ring (bicyclic) bond motifs is 1. The number of anilines is 1. The van der Waals surface area contributed by atoms with Gasteiger partial charge in [-0.3, -0.25) is 4.79 Å². The van der Waals surface area contributed by atoms with Gasteiger partial charge in [0, 0.05) is 31.5 Å². The summed E-state index contributed by atoms with van der Waals surface area (Å²) in [6.07, 6.45) is 1.18. The molecule has 1 aromatic rings. The van der Waals surface area contributed by atoms with E-state index < -0.39 is 0 Å². The maximum absolute atomic E-state index is 11.5. The molecule has 3 aliphatic heterocycles. The van der Waals surface area contributed by atoms with Crippen molar-refractivity contribution in [2.45, 2.75) is 19.8 Å². The average molecular weight is 306 g/mol. The van der Waals surface area contributed by atoms with Crippen LogP contribution in [0, 0.1) is 6.92 Å². The van der Waals surface area contributed by atoms with E-state index >= 15 is 0 Å². The van der Waals surface area contributed by atoms with E-state index in [0.717, 1.165) is 47.4 Å². The average Bonchev–Trinajstić information content (AvgIpc) is 2.99. The number of ketones is 1. The number of nitrogens with zero attached hydrogens (tertiary/aromatic N) is 3. The normalized spacial score (nSPS) is 15.3. The number of hydrogen-bond acceptors (Lipinski definition) is 4. The summed E-state index contributed by atoms with van der Waals surface area (Å²) in [5.41, 5.74) is 3.90. The summed E-state index contributed by atoms with van der Waals surface area (Å²) in [4.78, 5) is 26.4. The standard InChI is InChI=1S/C18H18N4O/c1-12-19-16-11-15(13-5-3-2-4-6-13)21-17(16)18(20-12)22-9-7-14(23)8-10-22/h2-6,11H,7-10H2,1H3,(H,19,20). The van der Waals surface area contributed by atoms with Gasteiger partial charge in [0.25, 0.3) is 0 Å². The van der Waals surface area contributed by atoms with E-state index in [4.69, 9.17) is 4.98 Å². The smallest absolute Gasteiger partial charge is 0.158 e. The van der Waals surface area contributed by atoms with Crippen LogP contribution in [0.4, 0.5) is 5.82 Å². The van der Waals surface area contributed by atoms with Crippen LogP contribution < -0.4 is 4.90 Å². The Morgan fingerprint density at radius 3 is 2.57 bits per heavy atom. The molecule has 23 heavy (non-hydrogen) atoms. The van der Waals surface area contributed by atoms with E-state index in [1.54, 1.807) is 0 Å². The third kappa shape index (κ3) is 2.59. The first-order chi connectivity index (χ1) is 11.2. The molecule has 3 heterocycles. The van der Waals surface area contributed by atoms with Gasteiger partial charge in [0.1, 0.15) is 17.3 Å². The zero-order valence-corrected chi connectivity index (χ0v) is 13.0. The highest BCUT2D eigenvalue weighted by Crippen LogP contribution is 2.34. The predicted octanol–water partition coefficient (Wildman–Crippen LogP) is 3.05. The van der Waals surface area contributed by atoms with Gasteiger partial charge in [-0.25, -0.2) is 9.97 Å². The molecule has 0 aliphatic carbocycles. The van der Waals surface area contributed by atoms with Gasteiger partial charge in [0.2, 0.25) is 0 Å². The molecule has 0 unspecified atom stereocenters.